The van der Waals surface area contributed by atoms with Crippen molar-refractivity contribution in [1.82, 2.24) is 19.7 Å². The van der Waals surface area contributed by atoms with Crippen LogP contribution in [0.4, 0.5) is 23.8 Å². The Labute approximate surface area is 279 Å². The number of likely N-dealkylation sites (tertiary alicyclic amines) is 1. The normalized spacial score (nSPS) is 18.1. The standard InChI is InChI=1S/C34H33ClF3N5O5/c1-22-10-14-43(40-22)27-17-24(35)7-8-26(27)30(34(36,37)38)48-25-9-13-39-29(18-25)41-15-11-33(12-16-41)19-28(31(44)45)42(21-33)32(46)47-20-23-5-3-2-4-6-23/h2-10,13-14,17-18,28,30H,11-12,15-16,19-21H2,1H3,(H,44,45)/t28?,30-/m1/s1. The second-order valence-electron chi connectivity index (χ2n) is 12.2. The van der Waals surface area contributed by atoms with Crippen LogP contribution in [0.15, 0.2) is 79.1 Å². The molecule has 2 fully saturated rings. The summed E-state index contributed by atoms with van der Waals surface area (Å²) in [4.78, 5) is 32.7. The van der Waals surface area contributed by atoms with Crippen molar-refractivity contribution in [2.24, 2.45) is 5.41 Å². The van der Waals surface area contributed by atoms with E-state index in [0.717, 1.165) is 5.56 Å². The molecule has 1 amide bonds. The fraction of sp³-hybridized carbons (Fsp3) is 0.353. The number of halogens is 4. The zero-order chi connectivity index (χ0) is 34.1. The third-order valence-electron chi connectivity index (χ3n) is 8.89. The summed E-state index contributed by atoms with van der Waals surface area (Å²) in [7, 11) is 0. The Morgan fingerprint density at radius 3 is 2.50 bits per heavy atom. The fourth-order valence-corrected chi connectivity index (χ4v) is 6.58. The third-order valence-corrected chi connectivity index (χ3v) is 9.13. The van der Waals surface area contributed by atoms with Gasteiger partial charge in [-0.05, 0) is 61.4 Å². The number of nitrogens with zero attached hydrogens (tertiary/aromatic N) is 5. The number of hydrogen-bond acceptors (Lipinski definition) is 7. The first-order valence-corrected chi connectivity index (χ1v) is 15.8. The van der Waals surface area contributed by atoms with Crippen LogP contribution in [0.2, 0.25) is 5.02 Å². The van der Waals surface area contributed by atoms with E-state index in [-0.39, 0.29) is 41.6 Å². The molecule has 2 atom stereocenters. The largest absolute Gasteiger partial charge is 0.480 e. The van der Waals surface area contributed by atoms with Crippen LogP contribution in [-0.2, 0) is 16.1 Å². The number of aliphatic carboxylic acids is 1. The number of anilines is 1. The summed E-state index contributed by atoms with van der Waals surface area (Å²) in [5.41, 5.74) is 0.953. The number of carbonyl (C=O) groups is 2. The second kappa shape index (κ2) is 13.4. The lowest BCUT2D eigenvalue weighted by Crippen LogP contribution is -2.43. The molecule has 1 N–H and O–H groups in total. The van der Waals surface area contributed by atoms with Crippen molar-refractivity contribution < 1.29 is 37.3 Å². The number of ether oxygens (including phenoxy) is 2. The van der Waals surface area contributed by atoms with E-state index >= 15 is 0 Å². The number of aryl methyl sites for hydroxylation is 1. The molecular formula is C34H33ClF3N5O5. The summed E-state index contributed by atoms with van der Waals surface area (Å²) in [6.07, 6.45) is -3.45. The Morgan fingerprint density at radius 2 is 1.83 bits per heavy atom. The number of carboxylic acid groups (broad SMARTS) is 1. The lowest BCUT2D eigenvalue weighted by Gasteiger charge is -2.39. The molecule has 14 heteroatoms. The quantitative estimate of drug-likeness (QED) is 0.212. The zero-order valence-electron chi connectivity index (χ0n) is 25.9. The molecule has 48 heavy (non-hydrogen) atoms. The Kier molecular flexibility index (Phi) is 9.24. The summed E-state index contributed by atoms with van der Waals surface area (Å²) in [6.45, 7) is 2.91. The summed E-state index contributed by atoms with van der Waals surface area (Å²) in [5.74, 6) is -0.697. The highest BCUT2D eigenvalue weighted by atomic mass is 35.5. The lowest BCUT2D eigenvalue weighted by atomic mass is 9.76. The highest BCUT2D eigenvalue weighted by Crippen LogP contribution is 2.45. The van der Waals surface area contributed by atoms with Gasteiger partial charge in [-0.3, -0.25) is 4.90 Å². The van der Waals surface area contributed by atoms with Crippen LogP contribution in [0.25, 0.3) is 5.69 Å². The predicted octanol–water partition coefficient (Wildman–Crippen LogP) is 6.99. The first-order chi connectivity index (χ1) is 22.9. The number of hydrogen-bond donors (Lipinski definition) is 1. The average Bonchev–Trinajstić information content (AvgIpc) is 3.67. The number of benzene rings is 2. The molecule has 2 saturated heterocycles. The maximum atomic E-state index is 14.5. The summed E-state index contributed by atoms with van der Waals surface area (Å²) in [5, 5.41) is 14.4. The van der Waals surface area contributed by atoms with Gasteiger partial charge in [0.25, 0.3) is 0 Å². The van der Waals surface area contributed by atoms with Gasteiger partial charge in [0, 0.05) is 48.7 Å². The van der Waals surface area contributed by atoms with E-state index in [9.17, 15) is 27.9 Å². The summed E-state index contributed by atoms with van der Waals surface area (Å²) in [6, 6.07) is 16.7. The molecule has 2 aliphatic heterocycles. The molecule has 0 aliphatic carbocycles. The van der Waals surface area contributed by atoms with Crippen LogP contribution in [-0.4, -0.2) is 68.7 Å². The number of pyridine rings is 1. The maximum Gasteiger partial charge on any atom is 0.429 e. The van der Waals surface area contributed by atoms with Crippen LogP contribution in [0.5, 0.6) is 5.75 Å². The third kappa shape index (κ3) is 7.20. The van der Waals surface area contributed by atoms with Crippen LogP contribution in [0.1, 0.15) is 42.2 Å². The highest BCUT2D eigenvalue weighted by molar-refractivity contribution is 6.30. The first-order valence-electron chi connectivity index (χ1n) is 15.4. The Balaban J connectivity index is 1.15. The van der Waals surface area contributed by atoms with Crippen molar-refractivity contribution in [1.29, 1.82) is 0 Å². The minimum absolute atomic E-state index is 0.0284. The van der Waals surface area contributed by atoms with E-state index in [1.807, 2.05) is 35.2 Å². The van der Waals surface area contributed by atoms with Gasteiger partial charge in [-0.2, -0.15) is 18.3 Å². The average molecular weight is 684 g/mol. The van der Waals surface area contributed by atoms with Crippen molar-refractivity contribution in [3.8, 4) is 11.4 Å². The minimum Gasteiger partial charge on any atom is -0.480 e. The molecule has 4 aromatic rings. The molecule has 1 spiro atoms. The van der Waals surface area contributed by atoms with E-state index < -0.39 is 35.8 Å². The lowest BCUT2D eigenvalue weighted by molar-refractivity contribution is -0.198. The van der Waals surface area contributed by atoms with E-state index in [2.05, 4.69) is 10.1 Å². The molecule has 2 aromatic carbocycles. The van der Waals surface area contributed by atoms with Crippen LogP contribution < -0.4 is 9.64 Å². The number of carbonyl (C=O) groups excluding carboxylic acids is 1. The number of piperidine rings is 1. The topological polar surface area (TPSA) is 110 Å². The Morgan fingerprint density at radius 1 is 1.08 bits per heavy atom. The van der Waals surface area contributed by atoms with Gasteiger partial charge in [-0.25, -0.2) is 19.3 Å². The van der Waals surface area contributed by atoms with E-state index in [1.54, 1.807) is 19.2 Å². The SMILES string of the molecule is Cc1ccn(-c2cc(Cl)ccc2[C@@H](Oc2ccnc(N3CCC4(CC3)CC(C(=O)O)N(C(=O)OCc3ccccc3)C4)c2)C(F)(F)F)n1. The van der Waals surface area contributed by atoms with Crippen molar-refractivity contribution in [2.45, 2.75) is 51.1 Å². The molecule has 0 radical (unpaired) electrons. The van der Waals surface area contributed by atoms with Crippen molar-refractivity contribution in [2.75, 3.05) is 24.5 Å². The monoisotopic (exact) mass is 683 g/mol. The van der Waals surface area contributed by atoms with E-state index in [0.29, 0.717) is 37.4 Å². The fourth-order valence-electron chi connectivity index (χ4n) is 6.42. The van der Waals surface area contributed by atoms with Crippen LogP contribution >= 0.6 is 11.6 Å². The van der Waals surface area contributed by atoms with Gasteiger partial charge >= 0.3 is 18.2 Å². The van der Waals surface area contributed by atoms with Crippen LogP contribution in [0.3, 0.4) is 0 Å². The minimum atomic E-state index is -4.77. The van der Waals surface area contributed by atoms with Gasteiger partial charge in [-0.1, -0.05) is 48.0 Å². The second-order valence-corrected chi connectivity index (χ2v) is 12.6. The van der Waals surface area contributed by atoms with E-state index in [4.69, 9.17) is 21.1 Å². The number of alkyl halides is 3. The molecule has 2 aliphatic rings. The molecule has 6 rings (SSSR count). The molecule has 0 bridgehead atoms. The van der Waals surface area contributed by atoms with Crippen molar-refractivity contribution in [3.63, 3.8) is 0 Å². The maximum absolute atomic E-state index is 14.5. The molecule has 4 heterocycles. The summed E-state index contributed by atoms with van der Waals surface area (Å²) < 4.78 is 56.0. The molecular weight excluding hydrogens is 651 g/mol. The first kappa shape index (κ1) is 33.1. The number of carboxylic acids is 1. The van der Waals surface area contributed by atoms with E-state index in [1.165, 1.54) is 46.1 Å². The van der Waals surface area contributed by atoms with Gasteiger partial charge in [-0.15, -0.1) is 0 Å². The highest BCUT2D eigenvalue weighted by Gasteiger charge is 2.51. The van der Waals surface area contributed by atoms with Gasteiger partial charge in [0.2, 0.25) is 6.10 Å². The van der Waals surface area contributed by atoms with Crippen molar-refractivity contribution in [3.05, 3.63) is 101 Å². The zero-order valence-corrected chi connectivity index (χ0v) is 26.7. The van der Waals surface area contributed by atoms with Crippen LogP contribution in [0, 0.1) is 12.3 Å². The van der Waals surface area contributed by atoms with Gasteiger partial charge in [0.1, 0.15) is 24.2 Å². The summed E-state index contributed by atoms with van der Waals surface area (Å²) >= 11 is 6.16. The molecule has 252 valence electrons. The number of rotatable bonds is 8. The molecule has 2 aromatic heterocycles. The molecule has 10 nitrogen and oxygen atoms in total. The number of aromatic nitrogens is 3. The van der Waals surface area contributed by atoms with Gasteiger partial charge in [0.05, 0.1) is 11.4 Å². The Bertz CT molecular complexity index is 1780. The van der Waals surface area contributed by atoms with Gasteiger partial charge in [0.15, 0.2) is 0 Å². The predicted molar refractivity (Wildman–Crippen MR) is 170 cm³/mol. The Hall–Kier alpha value is -4.78. The molecule has 0 saturated carbocycles. The van der Waals surface area contributed by atoms with Crippen molar-refractivity contribution >= 4 is 29.5 Å². The smallest absolute Gasteiger partial charge is 0.429 e. The number of amides is 1. The van der Waals surface area contributed by atoms with Gasteiger partial charge < -0.3 is 19.5 Å². The molecule has 1 unspecified atom stereocenters.